The lowest BCUT2D eigenvalue weighted by Crippen LogP contribution is -2.39. The van der Waals surface area contributed by atoms with Gasteiger partial charge in [-0.2, -0.15) is 0 Å². The number of anilines is 1. The van der Waals surface area contributed by atoms with Gasteiger partial charge in [-0.25, -0.2) is 0 Å². The number of ether oxygens (including phenoxy) is 2. The van der Waals surface area contributed by atoms with Crippen LogP contribution in [0.15, 0.2) is 18.2 Å². The van der Waals surface area contributed by atoms with Crippen LogP contribution in [-0.4, -0.2) is 32.8 Å². The van der Waals surface area contributed by atoms with E-state index in [4.69, 9.17) is 15.2 Å². The van der Waals surface area contributed by atoms with Crippen LogP contribution in [0.4, 0.5) is 5.69 Å². The van der Waals surface area contributed by atoms with Gasteiger partial charge in [-0.05, 0) is 30.4 Å². The molecule has 1 aliphatic heterocycles. The number of rotatable bonds is 4. The highest BCUT2D eigenvalue weighted by atomic mass is 16.5. The Bertz CT molecular complexity index is 482. The van der Waals surface area contributed by atoms with Crippen molar-refractivity contribution in [2.75, 3.05) is 32.6 Å². The second kappa shape index (κ2) is 6.13. The van der Waals surface area contributed by atoms with E-state index in [1.54, 1.807) is 18.2 Å². The van der Waals surface area contributed by atoms with Crippen LogP contribution in [0.3, 0.4) is 0 Å². The number of hydrogen-bond donors (Lipinski definition) is 2. The number of carbonyl (C=O) groups is 1. The van der Waals surface area contributed by atoms with Crippen molar-refractivity contribution in [3.8, 4) is 5.75 Å². The maximum absolute atomic E-state index is 12.3. The number of carbonyl (C=O) groups excluding carboxylic acids is 1. The normalized spacial score (nSPS) is 17.5. The van der Waals surface area contributed by atoms with Crippen molar-refractivity contribution in [3.63, 3.8) is 0 Å². The third-order valence-electron chi connectivity index (χ3n) is 3.85. The Labute approximate surface area is 119 Å². The maximum Gasteiger partial charge on any atom is 0.255 e. The minimum atomic E-state index is -0.130. The minimum Gasteiger partial charge on any atom is -0.496 e. The van der Waals surface area contributed by atoms with Gasteiger partial charge in [0, 0.05) is 31.5 Å². The van der Waals surface area contributed by atoms with Crippen LogP contribution in [0.5, 0.6) is 5.75 Å². The van der Waals surface area contributed by atoms with Gasteiger partial charge in [0.15, 0.2) is 0 Å². The first kappa shape index (κ1) is 14.7. The zero-order chi connectivity index (χ0) is 14.6. The molecule has 0 bridgehead atoms. The van der Waals surface area contributed by atoms with Gasteiger partial charge < -0.3 is 20.5 Å². The van der Waals surface area contributed by atoms with Gasteiger partial charge in [0.1, 0.15) is 5.75 Å². The number of amides is 1. The molecule has 110 valence electrons. The molecule has 0 radical (unpaired) electrons. The van der Waals surface area contributed by atoms with Crippen molar-refractivity contribution in [3.05, 3.63) is 23.8 Å². The topological polar surface area (TPSA) is 73.6 Å². The molecular weight excluding hydrogens is 256 g/mol. The van der Waals surface area contributed by atoms with Gasteiger partial charge in [-0.3, -0.25) is 4.79 Å². The van der Waals surface area contributed by atoms with E-state index in [0.29, 0.717) is 23.5 Å². The van der Waals surface area contributed by atoms with E-state index >= 15 is 0 Å². The van der Waals surface area contributed by atoms with E-state index < -0.39 is 0 Å². The molecule has 3 N–H and O–H groups in total. The molecule has 1 aromatic rings. The Morgan fingerprint density at radius 2 is 2.15 bits per heavy atom. The molecule has 0 aliphatic carbocycles. The van der Waals surface area contributed by atoms with E-state index in [0.717, 1.165) is 26.1 Å². The highest BCUT2D eigenvalue weighted by Gasteiger charge is 2.28. The lowest BCUT2D eigenvalue weighted by Gasteiger charge is -2.33. The van der Waals surface area contributed by atoms with Crippen LogP contribution in [0.1, 0.15) is 30.1 Å². The minimum absolute atomic E-state index is 0.106. The largest absolute Gasteiger partial charge is 0.496 e. The summed E-state index contributed by atoms with van der Waals surface area (Å²) in [4.78, 5) is 12.3. The molecule has 0 spiro atoms. The van der Waals surface area contributed by atoms with E-state index in [9.17, 15) is 4.79 Å². The van der Waals surface area contributed by atoms with Gasteiger partial charge in [0.25, 0.3) is 5.91 Å². The molecule has 5 heteroatoms. The Hall–Kier alpha value is -1.75. The molecule has 0 saturated carbocycles. The predicted molar refractivity (Wildman–Crippen MR) is 77.9 cm³/mol. The first-order valence-electron chi connectivity index (χ1n) is 6.83. The van der Waals surface area contributed by atoms with Gasteiger partial charge in [0.2, 0.25) is 0 Å². The van der Waals surface area contributed by atoms with Crippen molar-refractivity contribution in [1.29, 1.82) is 0 Å². The summed E-state index contributed by atoms with van der Waals surface area (Å²) in [5, 5.41) is 2.99. The van der Waals surface area contributed by atoms with E-state index in [2.05, 4.69) is 12.2 Å². The highest BCUT2D eigenvalue weighted by molar-refractivity contribution is 5.97. The summed E-state index contributed by atoms with van der Waals surface area (Å²) < 4.78 is 10.6. The third-order valence-corrected chi connectivity index (χ3v) is 3.85. The van der Waals surface area contributed by atoms with Crippen LogP contribution in [0.25, 0.3) is 0 Å². The van der Waals surface area contributed by atoms with E-state index in [1.165, 1.54) is 7.11 Å². The fourth-order valence-corrected chi connectivity index (χ4v) is 2.33. The SMILES string of the molecule is COc1cc(N)ccc1C(=O)NCC1(C)CCOCC1. The predicted octanol–water partition coefficient (Wildman–Crippen LogP) is 1.82. The average Bonchev–Trinajstić information content (AvgIpc) is 2.45. The number of nitrogens with one attached hydrogen (secondary N) is 1. The maximum atomic E-state index is 12.3. The first-order chi connectivity index (χ1) is 9.54. The molecule has 1 heterocycles. The van der Waals surface area contributed by atoms with Gasteiger partial charge in [-0.1, -0.05) is 6.92 Å². The molecule has 0 aromatic heterocycles. The van der Waals surface area contributed by atoms with Crippen molar-refractivity contribution < 1.29 is 14.3 Å². The van der Waals surface area contributed by atoms with Gasteiger partial charge in [-0.15, -0.1) is 0 Å². The Morgan fingerprint density at radius 3 is 2.80 bits per heavy atom. The summed E-state index contributed by atoms with van der Waals surface area (Å²) in [5.74, 6) is 0.370. The smallest absolute Gasteiger partial charge is 0.255 e. The molecule has 0 unspecified atom stereocenters. The molecule has 1 saturated heterocycles. The summed E-state index contributed by atoms with van der Waals surface area (Å²) in [6, 6.07) is 5.05. The van der Waals surface area contributed by atoms with Crippen LogP contribution >= 0.6 is 0 Å². The van der Waals surface area contributed by atoms with Crippen LogP contribution in [0, 0.1) is 5.41 Å². The molecule has 0 atom stereocenters. The van der Waals surface area contributed by atoms with E-state index in [1.807, 2.05) is 0 Å². The standard InChI is InChI=1S/C15H22N2O3/c1-15(5-7-20-8-6-15)10-17-14(18)12-4-3-11(16)9-13(12)19-2/h3-4,9H,5-8,10,16H2,1-2H3,(H,17,18). The highest BCUT2D eigenvalue weighted by Crippen LogP contribution is 2.29. The van der Waals surface area contributed by atoms with Crippen molar-refractivity contribution in [2.45, 2.75) is 19.8 Å². The Morgan fingerprint density at radius 1 is 1.45 bits per heavy atom. The zero-order valence-electron chi connectivity index (χ0n) is 12.1. The Kier molecular flexibility index (Phi) is 4.49. The third kappa shape index (κ3) is 3.42. The number of nitrogens with two attached hydrogens (primary N) is 1. The second-order valence-electron chi connectivity index (χ2n) is 5.57. The molecule has 1 fully saturated rings. The molecule has 1 aliphatic rings. The summed E-state index contributed by atoms with van der Waals surface area (Å²) in [7, 11) is 1.53. The Balaban J connectivity index is 2.01. The molecule has 5 nitrogen and oxygen atoms in total. The summed E-state index contributed by atoms with van der Waals surface area (Å²) in [6.45, 7) is 4.34. The van der Waals surface area contributed by atoms with Gasteiger partial charge >= 0.3 is 0 Å². The molecule has 1 amide bonds. The number of nitrogen functional groups attached to an aromatic ring is 1. The number of benzene rings is 1. The molecule has 2 rings (SSSR count). The van der Waals surface area contributed by atoms with Crippen molar-refractivity contribution in [1.82, 2.24) is 5.32 Å². The van der Waals surface area contributed by atoms with E-state index in [-0.39, 0.29) is 11.3 Å². The summed E-state index contributed by atoms with van der Waals surface area (Å²) in [5.41, 5.74) is 6.89. The quantitative estimate of drug-likeness (QED) is 0.824. The van der Waals surface area contributed by atoms with Crippen LogP contribution in [-0.2, 0) is 4.74 Å². The lowest BCUT2D eigenvalue weighted by molar-refractivity contribution is 0.0238. The van der Waals surface area contributed by atoms with Crippen molar-refractivity contribution >= 4 is 11.6 Å². The summed E-state index contributed by atoms with van der Waals surface area (Å²) in [6.07, 6.45) is 1.93. The monoisotopic (exact) mass is 278 g/mol. The number of hydrogen-bond acceptors (Lipinski definition) is 4. The first-order valence-corrected chi connectivity index (χ1v) is 6.83. The zero-order valence-corrected chi connectivity index (χ0v) is 12.1. The molecule has 20 heavy (non-hydrogen) atoms. The fourth-order valence-electron chi connectivity index (χ4n) is 2.33. The molecular formula is C15H22N2O3. The lowest BCUT2D eigenvalue weighted by atomic mass is 9.82. The average molecular weight is 278 g/mol. The fraction of sp³-hybridized carbons (Fsp3) is 0.533. The second-order valence-corrected chi connectivity index (χ2v) is 5.57. The van der Waals surface area contributed by atoms with Gasteiger partial charge in [0.05, 0.1) is 12.7 Å². The van der Waals surface area contributed by atoms with Crippen molar-refractivity contribution in [2.24, 2.45) is 5.41 Å². The number of methoxy groups -OCH3 is 1. The van der Waals surface area contributed by atoms with Crippen LogP contribution < -0.4 is 15.8 Å². The molecule has 1 aromatic carbocycles. The summed E-state index contributed by atoms with van der Waals surface area (Å²) >= 11 is 0. The van der Waals surface area contributed by atoms with Crippen LogP contribution in [0.2, 0.25) is 0 Å².